The van der Waals surface area contributed by atoms with Gasteiger partial charge in [0.05, 0.1) is 13.3 Å². The number of methoxy groups -OCH3 is 1. The van der Waals surface area contributed by atoms with Crippen molar-refractivity contribution in [3.8, 4) is 17.2 Å². The van der Waals surface area contributed by atoms with Crippen LogP contribution in [0.1, 0.15) is 5.56 Å². The van der Waals surface area contributed by atoms with Gasteiger partial charge in [-0.3, -0.25) is 4.79 Å². The predicted octanol–water partition coefficient (Wildman–Crippen LogP) is 2.12. The normalized spacial score (nSPS) is 16.0. The molecule has 124 valence electrons. The summed E-state index contributed by atoms with van der Waals surface area (Å²) in [7, 11) is 1.39. The number of hydrazone groups is 1. The Balaban J connectivity index is 1.59. The predicted molar refractivity (Wildman–Crippen MR) is 85.0 cm³/mol. The summed E-state index contributed by atoms with van der Waals surface area (Å²) in [6, 6.07) is 11.4. The monoisotopic (exact) mass is 330 g/mol. The van der Waals surface area contributed by atoms with E-state index in [4.69, 9.17) is 14.2 Å². The third-order valence-electron chi connectivity index (χ3n) is 3.37. The first kappa shape index (κ1) is 15.8. The number of carbonyl (C=O) groups excluding carboxylic acids is 1. The summed E-state index contributed by atoms with van der Waals surface area (Å²) in [4.78, 5) is 12.0. The van der Waals surface area contributed by atoms with Gasteiger partial charge in [-0.05, 0) is 35.9 Å². The zero-order chi connectivity index (χ0) is 16.9. The number of fused-ring (bicyclic) bond motifs is 1. The van der Waals surface area contributed by atoms with Gasteiger partial charge in [0, 0.05) is 0 Å². The van der Waals surface area contributed by atoms with Crippen LogP contribution in [-0.2, 0) is 4.79 Å². The van der Waals surface area contributed by atoms with Crippen molar-refractivity contribution in [1.29, 1.82) is 0 Å². The molecule has 24 heavy (non-hydrogen) atoms. The second kappa shape index (κ2) is 6.99. The van der Waals surface area contributed by atoms with Gasteiger partial charge in [0.1, 0.15) is 6.61 Å². The standard InChI is InChI=1S/C17H15FN2O4/c1-22-13-7-6-11(8-12(13)18)9-19-20-17(21)16-10-23-14-4-2-3-5-15(14)24-16/h2-9,16H,10H2,1H3,(H,20,21)/b19-9-/t16-/m1/s1. The number of benzene rings is 2. The van der Waals surface area contributed by atoms with Crippen molar-refractivity contribution in [2.75, 3.05) is 13.7 Å². The summed E-state index contributed by atoms with van der Waals surface area (Å²) >= 11 is 0. The highest BCUT2D eigenvalue weighted by Gasteiger charge is 2.26. The molecule has 1 heterocycles. The lowest BCUT2D eigenvalue weighted by Crippen LogP contribution is -2.42. The van der Waals surface area contributed by atoms with Crippen molar-refractivity contribution in [2.45, 2.75) is 6.10 Å². The third kappa shape index (κ3) is 3.45. The largest absolute Gasteiger partial charge is 0.494 e. The van der Waals surface area contributed by atoms with E-state index in [9.17, 15) is 9.18 Å². The first-order valence-corrected chi connectivity index (χ1v) is 7.22. The fraction of sp³-hybridized carbons (Fsp3) is 0.176. The van der Waals surface area contributed by atoms with Crippen molar-refractivity contribution in [3.05, 3.63) is 53.8 Å². The summed E-state index contributed by atoms with van der Waals surface area (Å²) in [6.45, 7) is 0.0928. The van der Waals surface area contributed by atoms with Crippen LogP contribution in [0, 0.1) is 5.82 Å². The molecule has 1 atom stereocenters. The van der Waals surface area contributed by atoms with Crippen LogP contribution in [0.25, 0.3) is 0 Å². The van der Waals surface area contributed by atoms with Gasteiger partial charge in [-0.1, -0.05) is 12.1 Å². The van der Waals surface area contributed by atoms with Crippen molar-refractivity contribution in [2.24, 2.45) is 5.10 Å². The van der Waals surface area contributed by atoms with Crippen molar-refractivity contribution >= 4 is 12.1 Å². The molecule has 0 radical (unpaired) electrons. The Morgan fingerprint density at radius 2 is 2.12 bits per heavy atom. The summed E-state index contributed by atoms with van der Waals surface area (Å²) in [6.07, 6.45) is 0.530. The first-order chi connectivity index (χ1) is 11.7. The SMILES string of the molecule is COc1ccc(/C=N\NC(=O)[C@H]2COc3ccccc3O2)cc1F. The average molecular weight is 330 g/mol. The van der Waals surface area contributed by atoms with E-state index in [0.717, 1.165) is 0 Å². The number of hydrogen-bond acceptors (Lipinski definition) is 5. The van der Waals surface area contributed by atoms with Crippen LogP contribution in [0.5, 0.6) is 17.2 Å². The van der Waals surface area contributed by atoms with E-state index in [-0.39, 0.29) is 12.4 Å². The number of ether oxygens (including phenoxy) is 3. The van der Waals surface area contributed by atoms with Gasteiger partial charge in [0.25, 0.3) is 5.91 Å². The van der Waals surface area contributed by atoms with Crippen molar-refractivity contribution < 1.29 is 23.4 Å². The molecule has 6 nitrogen and oxygen atoms in total. The minimum Gasteiger partial charge on any atom is -0.494 e. The molecule has 0 fully saturated rings. The number of nitrogens with zero attached hydrogens (tertiary/aromatic N) is 1. The molecule has 1 amide bonds. The molecular weight excluding hydrogens is 315 g/mol. The number of nitrogens with one attached hydrogen (secondary N) is 1. The number of rotatable bonds is 4. The first-order valence-electron chi connectivity index (χ1n) is 7.22. The molecule has 3 rings (SSSR count). The molecule has 0 bridgehead atoms. The highest BCUT2D eigenvalue weighted by molar-refractivity contribution is 5.85. The zero-order valence-corrected chi connectivity index (χ0v) is 12.9. The molecule has 0 spiro atoms. The Morgan fingerprint density at radius 3 is 2.88 bits per heavy atom. The van der Waals surface area contributed by atoms with Gasteiger partial charge in [-0.15, -0.1) is 0 Å². The molecule has 0 aromatic heterocycles. The molecule has 0 unspecified atom stereocenters. The Kier molecular flexibility index (Phi) is 4.60. The van der Waals surface area contributed by atoms with Gasteiger partial charge >= 0.3 is 0 Å². The van der Waals surface area contributed by atoms with E-state index in [0.29, 0.717) is 17.1 Å². The summed E-state index contributed by atoms with van der Waals surface area (Å²) in [5.74, 6) is 0.287. The fourth-order valence-corrected chi connectivity index (χ4v) is 2.15. The molecule has 1 N–H and O–H groups in total. The van der Waals surface area contributed by atoms with Gasteiger partial charge in [0.15, 0.2) is 23.1 Å². The molecular formula is C17H15FN2O4. The maximum absolute atomic E-state index is 13.6. The molecule has 0 saturated carbocycles. The van der Waals surface area contributed by atoms with E-state index < -0.39 is 17.8 Å². The summed E-state index contributed by atoms with van der Waals surface area (Å²) < 4.78 is 29.4. The van der Waals surface area contributed by atoms with E-state index in [1.54, 1.807) is 24.3 Å². The molecule has 1 aliphatic rings. The summed E-state index contributed by atoms with van der Waals surface area (Å²) in [5.41, 5.74) is 2.84. The topological polar surface area (TPSA) is 69.2 Å². The lowest BCUT2D eigenvalue weighted by molar-refractivity contribution is -0.130. The van der Waals surface area contributed by atoms with Crippen LogP contribution in [0.2, 0.25) is 0 Å². The Labute approximate surface area is 137 Å². The van der Waals surface area contributed by atoms with Gasteiger partial charge in [0.2, 0.25) is 6.10 Å². The number of halogens is 1. The average Bonchev–Trinajstić information content (AvgIpc) is 2.61. The highest BCUT2D eigenvalue weighted by atomic mass is 19.1. The van der Waals surface area contributed by atoms with E-state index >= 15 is 0 Å². The number of carbonyl (C=O) groups is 1. The number of para-hydroxylation sites is 2. The van der Waals surface area contributed by atoms with Crippen LogP contribution < -0.4 is 19.6 Å². The molecule has 7 heteroatoms. The maximum Gasteiger partial charge on any atom is 0.284 e. The summed E-state index contributed by atoms with van der Waals surface area (Å²) in [5, 5.41) is 3.80. The van der Waals surface area contributed by atoms with Gasteiger partial charge < -0.3 is 14.2 Å². The number of amides is 1. The maximum atomic E-state index is 13.6. The van der Waals surface area contributed by atoms with Crippen molar-refractivity contribution in [1.82, 2.24) is 5.43 Å². The minimum absolute atomic E-state index is 0.0928. The Morgan fingerprint density at radius 1 is 1.33 bits per heavy atom. The van der Waals surface area contributed by atoms with Crippen molar-refractivity contribution in [3.63, 3.8) is 0 Å². The van der Waals surface area contributed by atoms with Crippen LogP contribution in [0.15, 0.2) is 47.6 Å². The Hall–Kier alpha value is -3.09. The minimum atomic E-state index is -0.801. The second-order valence-electron chi connectivity index (χ2n) is 4.99. The molecule has 0 aliphatic carbocycles. The highest BCUT2D eigenvalue weighted by Crippen LogP contribution is 2.30. The molecule has 2 aromatic carbocycles. The van der Waals surface area contributed by atoms with Crippen LogP contribution in [0.3, 0.4) is 0 Å². The van der Waals surface area contributed by atoms with Gasteiger partial charge in [-0.25, -0.2) is 9.82 Å². The van der Waals surface area contributed by atoms with Crippen LogP contribution in [-0.4, -0.2) is 31.9 Å². The smallest absolute Gasteiger partial charge is 0.284 e. The van der Waals surface area contributed by atoms with Crippen LogP contribution >= 0.6 is 0 Å². The Bertz CT molecular complexity index is 779. The zero-order valence-electron chi connectivity index (χ0n) is 12.9. The van der Waals surface area contributed by atoms with E-state index in [1.807, 2.05) is 6.07 Å². The fourth-order valence-electron chi connectivity index (χ4n) is 2.15. The van der Waals surface area contributed by atoms with E-state index in [2.05, 4.69) is 10.5 Å². The molecule has 0 saturated heterocycles. The quantitative estimate of drug-likeness (QED) is 0.689. The second-order valence-corrected chi connectivity index (χ2v) is 4.99. The molecule has 1 aliphatic heterocycles. The van der Waals surface area contributed by atoms with Crippen LogP contribution in [0.4, 0.5) is 4.39 Å². The number of hydrogen-bond donors (Lipinski definition) is 1. The lowest BCUT2D eigenvalue weighted by Gasteiger charge is -2.24. The third-order valence-corrected chi connectivity index (χ3v) is 3.37. The van der Waals surface area contributed by atoms with Gasteiger partial charge in [-0.2, -0.15) is 5.10 Å². The van der Waals surface area contributed by atoms with E-state index in [1.165, 1.54) is 25.5 Å². The lowest BCUT2D eigenvalue weighted by atomic mass is 10.2. The molecule has 2 aromatic rings.